The summed E-state index contributed by atoms with van der Waals surface area (Å²) in [4.78, 5) is 23.6. The Labute approximate surface area is 187 Å². The lowest BCUT2D eigenvalue weighted by atomic mass is 9.41. The fraction of sp³-hybridized carbons (Fsp3) is 0.889. The number of carbonyl (C=O) groups is 1. The van der Waals surface area contributed by atoms with Crippen LogP contribution in [0, 0.1) is 52.3 Å². The van der Waals surface area contributed by atoms with Crippen molar-refractivity contribution in [2.75, 3.05) is 0 Å². The summed E-state index contributed by atoms with van der Waals surface area (Å²) in [6, 6.07) is 0. The van der Waals surface area contributed by atoms with Crippen molar-refractivity contribution >= 4 is 11.9 Å². The van der Waals surface area contributed by atoms with Crippen LogP contribution in [0.5, 0.6) is 0 Å². The number of aliphatic hydroxyl groups excluding tert-OH is 1. The average Bonchev–Trinajstić information content (AvgIpc) is 3.09. The molecule has 0 heterocycles. The van der Waals surface area contributed by atoms with E-state index in [0.717, 1.165) is 56.9 Å². The number of allylic oxidation sites excluding steroid dienone is 1. The van der Waals surface area contributed by atoms with E-state index in [2.05, 4.69) is 33.6 Å². The first kappa shape index (κ1) is 23.1. The predicted octanol–water partition coefficient (Wildman–Crippen LogP) is 5.51. The number of hydrogen-bond acceptors (Lipinski definition) is 3. The van der Waals surface area contributed by atoms with Crippen molar-refractivity contribution in [3.8, 4) is 0 Å². The first-order chi connectivity index (χ1) is 14.7. The molecular formula is C27H42O4. The van der Waals surface area contributed by atoms with Crippen LogP contribution in [0.3, 0.4) is 0 Å². The van der Waals surface area contributed by atoms with Crippen molar-refractivity contribution in [3.63, 3.8) is 0 Å². The topological polar surface area (TPSA) is 74.6 Å². The fourth-order valence-electron chi connectivity index (χ4n) is 9.38. The standard InChI is InChI=1S/C27H42O4/c1-5-18-19(15-28)25-21-8-7-20(16(2)6-9-24(30)31)26(21,3)13-11-22(25)27(4)12-10-17(29)14-23(18)27/h16-18,20-23,25,29H,5-14H2,1-4H3,(H,30,31)/t16-,17-,18+,20-,21+,22+,23?,25+,26-,27-/m1/s1. The third-order valence-electron chi connectivity index (χ3n) is 10.9. The second-order valence-electron chi connectivity index (χ2n) is 12.0. The van der Waals surface area contributed by atoms with Crippen LogP contribution in [0.1, 0.15) is 91.9 Å². The molecule has 4 heteroatoms. The summed E-state index contributed by atoms with van der Waals surface area (Å²) in [5.74, 6) is 4.76. The normalized spacial score (nSPS) is 47.6. The Hall–Kier alpha value is -1.12. The minimum Gasteiger partial charge on any atom is -0.481 e. The summed E-state index contributed by atoms with van der Waals surface area (Å²) in [5.41, 5.74) is 1.44. The summed E-state index contributed by atoms with van der Waals surface area (Å²) >= 11 is 0. The zero-order valence-electron chi connectivity index (χ0n) is 19.9. The summed E-state index contributed by atoms with van der Waals surface area (Å²) in [7, 11) is 0. The second-order valence-corrected chi connectivity index (χ2v) is 12.0. The van der Waals surface area contributed by atoms with E-state index in [9.17, 15) is 19.8 Å². The number of carboxylic acid groups (broad SMARTS) is 1. The highest BCUT2D eigenvalue weighted by Gasteiger charge is 2.64. The van der Waals surface area contributed by atoms with Crippen LogP contribution >= 0.6 is 0 Å². The second kappa shape index (κ2) is 8.34. The monoisotopic (exact) mass is 430 g/mol. The zero-order valence-corrected chi connectivity index (χ0v) is 19.9. The highest BCUT2D eigenvalue weighted by molar-refractivity contribution is 5.66. The third-order valence-corrected chi connectivity index (χ3v) is 10.9. The van der Waals surface area contributed by atoms with Gasteiger partial charge in [-0.05, 0) is 110 Å². The molecule has 0 radical (unpaired) electrons. The van der Waals surface area contributed by atoms with Gasteiger partial charge in [0.15, 0.2) is 0 Å². The number of aliphatic hydroxyl groups is 1. The van der Waals surface area contributed by atoms with E-state index >= 15 is 0 Å². The maximum absolute atomic E-state index is 12.4. The van der Waals surface area contributed by atoms with Gasteiger partial charge in [0.05, 0.1) is 6.10 Å². The van der Waals surface area contributed by atoms with Crippen molar-refractivity contribution in [1.82, 2.24) is 0 Å². The molecule has 174 valence electrons. The molecule has 0 amide bonds. The Morgan fingerprint density at radius 2 is 1.77 bits per heavy atom. The SMILES string of the molecule is CC[C@H]1C(=C=O)[C@H]2[C@@H]3CC[C@H]([C@H](C)CCC(=O)O)[C@@]3(C)CC[C@@H]2[C@@]2(C)CC[C@@H](O)CC12. The van der Waals surface area contributed by atoms with Gasteiger partial charge in [-0.25, -0.2) is 4.79 Å². The van der Waals surface area contributed by atoms with E-state index in [4.69, 9.17) is 0 Å². The Kier molecular flexibility index (Phi) is 6.20. The molecule has 0 aliphatic heterocycles. The third kappa shape index (κ3) is 3.53. The van der Waals surface area contributed by atoms with Crippen LogP contribution in [-0.4, -0.2) is 28.2 Å². The maximum atomic E-state index is 12.4. The van der Waals surface area contributed by atoms with Crippen molar-refractivity contribution in [2.45, 2.75) is 98.0 Å². The number of aliphatic carboxylic acids is 1. The average molecular weight is 431 g/mol. The van der Waals surface area contributed by atoms with Gasteiger partial charge in [0.2, 0.25) is 0 Å². The van der Waals surface area contributed by atoms with E-state index in [1.165, 1.54) is 6.42 Å². The molecule has 1 unspecified atom stereocenters. The Morgan fingerprint density at radius 3 is 2.42 bits per heavy atom. The number of fused-ring (bicyclic) bond motifs is 5. The van der Waals surface area contributed by atoms with Gasteiger partial charge in [-0.15, -0.1) is 0 Å². The summed E-state index contributed by atoms with van der Waals surface area (Å²) in [6.07, 6.45) is 9.20. The molecule has 0 aromatic carbocycles. The Morgan fingerprint density at radius 1 is 1.10 bits per heavy atom. The number of carbonyl (C=O) groups excluding carboxylic acids is 1. The summed E-state index contributed by atoms with van der Waals surface area (Å²) < 4.78 is 0. The highest BCUT2D eigenvalue weighted by Crippen LogP contribution is 2.70. The molecule has 4 aliphatic rings. The minimum atomic E-state index is -0.696. The maximum Gasteiger partial charge on any atom is 0.303 e. The number of carboxylic acids is 1. The van der Waals surface area contributed by atoms with Crippen molar-refractivity contribution < 1.29 is 19.8 Å². The quantitative estimate of drug-likeness (QED) is 0.564. The molecule has 0 bridgehead atoms. The molecule has 10 atom stereocenters. The Bertz CT molecular complexity index is 754. The van der Waals surface area contributed by atoms with Gasteiger partial charge in [-0.1, -0.05) is 27.7 Å². The molecule has 4 fully saturated rings. The fourth-order valence-corrected chi connectivity index (χ4v) is 9.38. The van der Waals surface area contributed by atoms with Gasteiger partial charge in [0.1, 0.15) is 5.94 Å². The minimum absolute atomic E-state index is 0.191. The molecule has 2 N–H and O–H groups in total. The highest BCUT2D eigenvalue weighted by atomic mass is 16.4. The van der Waals surface area contributed by atoms with E-state index in [1.807, 2.05) is 0 Å². The largest absolute Gasteiger partial charge is 0.481 e. The van der Waals surface area contributed by atoms with Crippen LogP contribution in [0.4, 0.5) is 0 Å². The molecule has 0 aromatic heterocycles. The van der Waals surface area contributed by atoms with Gasteiger partial charge in [-0.2, -0.15) is 0 Å². The van der Waals surface area contributed by atoms with Crippen LogP contribution in [0.15, 0.2) is 5.57 Å². The molecule has 0 saturated heterocycles. The van der Waals surface area contributed by atoms with Crippen LogP contribution in [-0.2, 0) is 9.59 Å². The summed E-state index contributed by atoms with van der Waals surface area (Å²) in [5, 5.41) is 19.6. The van der Waals surface area contributed by atoms with Gasteiger partial charge in [-0.3, -0.25) is 4.79 Å². The van der Waals surface area contributed by atoms with Crippen LogP contribution < -0.4 is 0 Å². The van der Waals surface area contributed by atoms with Crippen molar-refractivity contribution in [2.24, 2.45) is 52.3 Å². The van der Waals surface area contributed by atoms with E-state index in [0.29, 0.717) is 35.5 Å². The van der Waals surface area contributed by atoms with Crippen molar-refractivity contribution in [3.05, 3.63) is 5.57 Å². The molecular weight excluding hydrogens is 388 g/mol. The van der Waals surface area contributed by atoms with Gasteiger partial charge in [0.25, 0.3) is 0 Å². The summed E-state index contributed by atoms with van der Waals surface area (Å²) in [6.45, 7) is 9.37. The van der Waals surface area contributed by atoms with E-state index in [-0.39, 0.29) is 29.3 Å². The van der Waals surface area contributed by atoms with E-state index in [1.54, 1.807) is 0 Å². The van der Waals surface area contributed by atoms with Crippen LogP contribution in [0.2, 0.25) is 0 Å². The van der Waals surface area contributed by atoms with Gasteiger partial charge in [0, 0.05) is 12.0 Å². The van der Waals surface area contributed by atoms with E-state index < -0.39 is 5.97 Å². The van der Waals surface area contributed by atoms with Crippen LogP contribution in [0.25, 0.3) is 0 Å². The molecule has 4 nitrogen and oxygen atoms in total. The molecule has 4 aliphatic carbocycles. The van der Waals surface area contributed by atoms with Crippen molar-refractivity contribution in [1.29, 1.82) is 0 Å². The number of hydrogen-bond donors (Lipinski definition) is 2. The molecule has 4 saturated carbocycles. The molecule has 0 spiro atoms. The lowest BCUT2D eigenvalue weighted by Gasteiger charge is -2.63. The Balaban J connectivity index is 1.67. The van der Waals surface area contributed by atoms with Gasteiger partial charge >= 0.3 is 5.97 Å². The van der Waals surface area contributed by atoms with Gasteiger partial charge < -0.3 is 10.2 Å². The molecule has 31 heavy (non-hydrogen) atoms. The zero-order chi connectivity index (χ0) is 22.6. The first-order valence-electron chi connectivity index (χ1n) is 12.8. The predicted molar refractivity (Wildman–Crippen MR) is 121 cm³/mol. The lowest BCUT2D eigenvalue weighted by Crippen LogP contribution is -2.57. The number of rotatable bonds is 5. The first-order valence-corrected chi connectivity index (χ1v) is 12.8. The lowest BCUT2D eigenvalue weighted by molar-refractivity contribution is -0.138. The molecule has 0 aromatic rings. The molecule has 4 rings (SSSR count). The smallest absolute Gasteiger partial charge is 0.303 e.